The molecule has 1 N–H and O–H groups in total. The van der Waals surface area contributed by atoms with Gasteiger partial charge in [-0.2, -0.15) is 0 Å². The summed E-state index contributed by atoms with van der Waals surface area (Å²) in [6.45, 7) is 3.05. The van der Waals surface area contributed by atoms with Crippen LogP contribution >= 0.6 is 0 Å². The summed E-state index contributed by atoms with van der Waals surface area (Å²) < 4.78 is 5.31. The van der Waals surface area contributed by atoms with Crippen molar-refractivity contribution in [2.75, 3.05) is 20.1 Å². The van der Waals surface area contributed by atoms with Gasteiger partial charge >= 0.3 is 6.03 Å². The van der Waals surface area contributed by atoms with Crippen molar-refractivity contribution in [2.45, 2.75) is 19.5 Å². The Morgan fingerprint density at radius 1 is 1.33 bits per heavy atom. The molecular weight excluding hydrogens is 308 g/mol. The molecule has 3 amide bonds. The number of rotatable bonds is 3. The van der Waals surface area contributed by atoms with E-state index in [2.05, 4.69) is 10.5 Å². The van der Waals surface area contributed by atoms with Gasteiger partial charge in [-0.05, 0) is 6.92 Å². The van der Waals surface area contributed by atoms with E-state index in [0.717, 1.165) is 5.56 Å². The van der Waals surface area contributed by atoms with Crippen LogP contribution in [0.3, 0.4) is 0 Å². The molecule has 0 saturated carbocycles. The van der Waals surface area contributed by atoms with Gasteiger partial charge < -0.3 is 19.6 Å². The molecule has 1 unspecified atom stereocenters. The minimum Gasteiger partial charge on any atom is -0.356 e. The summed E-state index contributed by atoms with van der Waals surface area (Å²) in [5.74, 6) is 0.604. The summed E-state index contributed by atoms with van der Waals surface area (Å²) in [6.07, 6.45) is 0. The molecule has 1 aromatic heterocycles. The molecule has 2 aromatic rings. The second-order valence-electron chi connectivity index (χ2n) is 5.84. The number of aromatic nitrogens is 1. The zero-order valence-corrected chi connectivity index (χ0v) is 13.7. The second-order valence-corrected chi connectivity index (χ2v) is 5.84. The second kappa shape index (κ2) is 6.74. The lowest BCUT2D eigenvalue weighted by molar-refractivity contribution is -0.137. The molecule has 0 spiro atoms. The van der Waals surface area contributed by atoms with E-state index in [1.165, 1.54) is 0 Å². The quantitative estimate of drug-likeness (QED) is 0.930. The molecule has 1 aliphatic rings. The Morgan fingerprint density at radius 3 is 2.83 bits per heavy atom. The Bertz CT molecular complexity index is 728. The molecule has 0 radical (unpaired) electrons. The predicted molar refractivity (Wildman–Crippen MR) is 88.0 cm³/mol. The third-order valence-corrected chi connectivity index (χ3v) is 4.18. The molecule has 24 heavy (non-hydrogen) atoms. The summed E-state index contributed by atoms with van der Waals surface area (Å²) in [5, 5.41) is 6.77. The van der Waals surface area contributed by atoms with Gasteiger partial charge in [0.15, 0.2) is 5.76 Å². The fourth-order valence-electron chi connectivity index (χ4n) is 2.69. The van der Waals surface area contributed by atoms with Crippen LogP contribution < -0.4 is 5.32 Å². The van der Waals surface area contributed by atoms with Crippen LogP contribution in [0.2, 0.25) is 0 Å². The van der Waals surface area contributed by atoms with Crippen molar-refractivity contribution in [1.29, 1.82) is 0 Å². The molecule has 3 rings (SSSR count). The van der Waals surface area contributed by atoms with Gasteiger partial charge in [-0.25, -0.2) is 4.79 Å². The fourth-order valence-corrected chi connectivity index (χ4v) is 2.69. The Kier molecular flexibility index (Phi) is 4.50. The van der Waals surface area contributed by atoms with Crippen molar-refractivity contribution < 1.29 is 14.1 Å². The largest absolute Gasteiger partial charge is 0.356 e. The maximum absolute atomic E-state index is 12.3. The van der Waals surface area contributed by atoms with E-state index in [1.807, 2.05) is 30.3 Å². The van der Waals surface area contributed by atoms with Crippen LogP contribution in [0.25, 0.3) is 11.3 Å². The summed E-state index contributed by atoms with van der Waals surface area (Å²) in [4.78, 5) is 27.4. The van der Waals surface area contributed by atoms with Crippen LogP contribution in [0, 0.1) is 0 Å². The fraction of sp³-hybridized carbons (Fsp3) is 0.353. The van der Waals surface area contributed by atoms with Crippen molar-refractivity contribution in [3.8, 4) is 11.3 Å². The summed E-state index contributed by atoms with van der Waals surface area (Å²) >= 11 is 0. The first-order valence-corrected chi connectivity index (χ1v) is 7.86. The summed E-state index contributed by atoms with van der Waals surface area (Å²) in [6, 6.07) is 10.7. The van der Waals surface area contributed by atoms with E-state index in [1.54, 1.807) is 29.8 Å². The summed E-state index contributed by atoms with van der Waals surface area (Å²) in [7, 11) is 1.74. The molecule has 1 saturated heterocycles. The van der Waals surface area contributed by atoms with Crippen LogP contribution in [0.5, 0.6) is 0 Å². The van der Waals surface area contributed by atoms with E-state index in [4.69, 9.17) is 4.52 Å². The first-order valence-electron chi connectivity index (χ1n) is 7.86. The standard InChI is InChI=1S/C17H20N4O3/c1-12-16(22)20(2)8-9-21(12)17(23)18-11-14-10-15(24-19-14)13-6-4-3-5-7-13/h3-7,10,12H,8-9,11H2,1-2H3,(H,18,23). The van der Waals surface area contributed by atoms with Crippen LogP contribution in [0.4, 0.5) is 4.79 Å². The lowest BCUT2D eigenvalue weighted by Crippen LogP contribution is -2.58. The highest BCUT2D eigenvalue weighted by Crippen LogP contribution is 2.19. The third kappa shape index (κ3) is 3.24. The normalized spacial score (nSPS) is 17.9. The number of nitrogens with one attached hydrogen (secondary N) is 1. The van der Waals surface area contributed by atoms with Gasteiger partial charge in [-0.3, -0.25) is 4.79 Å². The number of piperazine rings is 1. The number of urea groups is 1. The van der Waals surface area contributed by atoms with Gasteiger partial charge in [-0.1, -0.05) is 35.5 Å². The first kappa shape index (κ1) is 16.0. The van der Waals surface area contributed by atoms with Gasteiger partial charge in [0, 0.05) is 31.8 Å². The van der Waals surface area contributed by atoms with Crippen LogP contribution in [0.1, 0.15) is 12.6 Å². The SMILES string of the molecule is CC1C(=O)N(C)CCN1C(=O)NCc1cc(-c2ccccc2)on1. The number of benzene rings is 1. The van der Waals surface area contributed by atoms with Gasteiger partial charge in [0.25, 0.3) is 0 Å². The van der Waals surface area contributed by atoms with E-state index in [0.29, 0.717) is 24.5 Å². The Hall–Kier alpha value is -2.83. The maximum Gasteiger partial charge on any atom is 0.318 e. The Balaban J connectivity index is 1.59. The molecule has 1 aliphatic heterocycles. The third-order valence-electron chi connectivity index (χ3n) is 4.18. The molecule has 0 aliphatic carbocycles. The average molecular weight is 328 g/mol. The Labute approximate surface area is 140 Å². The number of amides is 3. The zero-order valence-electron chi connectivity index (χ0n) is 13.7. The zero-order chi connectivity index (χ0) is 17.1. The minimum absolute atomic E-state index is 0.0517. The van der Waals surface area contributed by atoms with Crippen LogP contribution in [-0.4, -0.2) is 53.1 Å². The van der Waals surface area contributed by atoms with Crippen molar-refractivity contribution in [3.63, 3.8) is 0 Å². The lowest BCUT2D eigenvalue weighted by atomic mass is 10.1. The summed E-state index contributed by atoms with van der Waals surface area (Å²) in [5.41, 5.74) is 1.57. The van der Waals surface area contributed by atoms with Crippen molar-refractivity contribution in [3.05, 3.63) is 42.1 Å². The number of nitrogens with zero attached hydrogens (tertiary/aromatic N) is 3. The molecule has 1 atom stereocenters. The minimum atomic E-state index is -0.457. The van der Waals surface area contributed by atoms with Gasteiger partial charge in [0.1, 0.15) is 11.7 Å². The number of likely N-dealkylation sites (N-methyl/N-ethyl adjacent to an activating group) is 1. The van der Waals surface area contributed by atoms with E-state index >= 15 is 0 Å². The molecule has 1 fully saturated rings. The van der Waals surface area contributed by atoms with Gasteiger partial charge in [-0.15, -0.1) is 0 Å². The molecular formula is C17H20N4O3. The number of hydrogen-bond acceptors (Lipinski definition) is 4. The topological polar surface area (TPSA) is 78.7 Å². The average Bonchev–Trinajstić information content (AvgIpc) is 3.07. The monoisotopic (exact) mass is 328 g/mol. The van der Waals surface area contributed by atoms with E-state index in [-0.39, 0.29) is 18.5 Å². The van der Waals surface area contributed by atoms with E-state index < -0.39 is 6.04 Å². The molecule has 2 heterocycles. The molecule has 1 aromatic carbocycles. The molecule has 7 nitrogen and oxygen atoms in total. The van der Waals surface area contributed by atoms with Crippen molar-refractivity contribution in [1.82, 2.24) is 20.3 Å². The highest BCUT2D eigenvalue weighted by atomic mass is 16.5. The van der Waals surface area contributed by atoms with Crippen molar-refractivity contribution >= 4 is 11.9 Å². The number of carbonyl (C=O) groups is 2. The maximum atomic E-state index is 12.3. The van der Waals surface area contributed by atoms with Gasteiger partial charge in [0.2, 0.25) is 5.91 Å². The number of hydrogen-bond donors (Lipinski definition) is 1. The molecule has 0 bridgehead atoms. The van der Waals surface area contributed by atoms with Crippen LogP contribution in [0.15, 0.2) is 40.9 Å². The molecule has 126 valence electrons. The Morgan fingerprint density at radius 2 is 2.08 bits per heavy atom. The van der Waals surface area contributed by atoms with Crippen molar-refractivity contribution in [2.24, 2.45) is 0 Å². The van der Waals surface area contributed by atoms with Crippen LogP contribution in [-0.2, 0) is 11.3 Å². The first-order chi connectivity index (χ1) is 11.6. The molecule has 7 heteroatoms. The lowest BCUT2D eigenvalue weighted by Gasteiger charge is -2.37. The smallest absolute Gasteiger partial charge is 0.318 e. The highest BCUT2D eigenvalue weighted by molar-refractivity contribution is 5.87. The highest BCUT2D eigenvalue weighted by Gasteiger charge is 2.32. The predicted octanol–water partition coefficient (Wildman–Crippen LogP) is 1.71. The van der Waals surface area contributed by atoms with E-state index in [9.17, 15) is 9.59 Å². The number of carbonyl (C=O) groups excluding carboxylic acids is 2. The van der Waals surface area contributed by atoms with Gasteiger partial charge in [0.05, 0.1) is 6.54 Å².